The van der Waals surface area contributed by atoms with Gasteiger partial charge in [0.05, 0.1) is 39.0 Å². The monoisotopic (exact) mass is 1290 g/mol. The molecule has 0 saturated heterocycles. The van der Waals surface area contributed by atoms with Gasteiger partial charge in [0.15, 0.2) is 11.6 Å². The van der Waals surface area contributed by atoms with Gasteiger partial charge in [-0.05, 0) is 71.4 Å². The Bertz CT molecular complexity index is 6350. The summed E-state index contributed by atoms with van der Waals surface area (Å²) >= 11 is 7.32. The number of nitrogens with zero attached hydrogens (tertiary/aromatic N) is 5. The third kappa shape index (κ3) is 9.26. The van der Waals surface area contributed by atoms with Crippen LogP contribution >= 0.6 is 38.6 Å². The molecule has 9 heteroatoms. The molecule has 0 unspecified atom stereocenters. The molecule has 0 spiro atoms. The van der Waals surface area contributed by atoms with Gasteiger partial charge in [-0.1, -0.05) is 259 Å². The fraction of sp³-hybridized carbons (Fsp3) is 0. The zero-order valence-corrected chi connectivity index (χ0v) is 53.0. The number of aromatic amines is 1. The van der Waals surface area contributed by atoms with E-state index in [1.54, 1.807) is 0 Å². The van der Waals surface area contributed by atoms with Gasteiger partial charge < -0.3 is 9.55 Å². The Kier molecular flexibility index (Phi) is 13.3. The lowest BCUT2D eigenvalue weighted by Gasteiger charge is -2.13. The number of aromatic nitrogens is 6. The van der Waals surface area contributed by atoms with Crippen molar-refractivity contribution in [2.75, 3.05) is 0 Å². The van der Waals surface area contributed by atoms with Gasteiger partial charge in [-0.3, -0.25) is 0 Å². The van der Waals surface area contributed by atoms with E-state index in [4.69, 9.17) is 19.9 Å². The number of fused-ring (bicyclic) bond motifs is 22. The summed E-state index contributed by atoms with van der Waals surface area (Å²) in [6, 6.07) is 107. The molecule has 0 atom stereocenters. The maximum absolute atomic E-state index is 5.18. The van der Waals surface area contributed by atoms with Crippen LogP contribution in [-0.2, 0) is 0 Å². The van der Waals surface area contributed by atoms with Crippen molar-refractivity contribution in [3.8, 4) is 51.0 Å². The molecule has 6 heterocycles. The zero-order chi connectivity index (χ0) is 61.5. The first-order valence-corrected chi connectivity index (χ1v) is 33.5. The fourth-order valence-corrected chi connectivity index (χ4v) is 16.8. The van der Waals surface area contributed by atoms with Crippen molar-refractivity contribution in [1.29, 1.82) is 0 Å². The average Bonchev–Trinajstić information content (AvgIpc) is 1.56. The Balaban J connectivity index is 0.000000114. The molecule has 0 aliphatic rings. The van der Waals surface area contributed by atoms with Crippen molar-refractivity contribution >= 4 is 166 Å². The maximum atomic E-state index is 5.18. The van der Waals surface area contributed by atoms with Crippen molar-refractivity contribution in [2.24, 2.45) is 0 Å². The third-order valence-electron chi connectivity index (χ3n) is 17.9. The number of para-hydroxylation sites is 4. The van der Waals surface area contributed by atoms with Crippen LogP contribution in [-0.4, -0.2) is 29.5 Å². The molecule has 20 rings (SSSR count). The van der Waals surface area contributed by atoms with Gasteiger partial charge in [-0.2, -0.15) is 0 Å². The van der Waals surface area contributed by atoms with Gasteiger partial charge >= 0.3 is 0 Å². The van der Waals surface area contributed by atoms with E-state index in [1.807, 2.05) is 95.5 Å². The van der Waals surface area contributed by atoms with E-state index in [0.717, 1.165) is 77.3 Å². The zero-order valence-electron chi connectivity index (χ0n) is 49.8. The summed E-state index contributed by atoms with van der Waals surface area (Å²) in [5.74, 6) is 1.46. The minimum atomic E-state index is 0.719. The first-order valence-electron chi connectivity index (χ1n) is 31.0. The highest BCUT2D eigenvalue weighted by Gasteiger charge is 2.23. The summed E-state index contributed by atoms with van der Waals surface area (Å²) < 4.78 is 8.87. The summed E-state index contributed by atoms with van der Waals surface area (Å²) in [5.41, 5.74) is 14.0. The minimum absolute atomic E-state index is 0.719. The van der Waals surface area contributed by atoms with E-state index in [1.165, 1.54) is 106 Å². The standard InChI is InChI=1S/C42H25N3S.C22H13NS.C20H13BrN2/c1-2-13-26(14-3-1)39-31-19-6-9-22-34(31)43-42(44-39)27-15-12-16-28(25-27)45-35-23-10-7-20-32(35)38-40(45)30-18-5-4-17-29(30)37-33-21-8-11-24-36(33)46-41(37)38;1-2-8-14-13(7-1)19-16-10-4-6-12-18(16)24-22(19)20-15-9-3-5-11-17(15)23-21(14)20;21-16-10-6-9-15(13-16)20-22-18-12-5-4-11-17(18)19(23-20)14-7-2-1-3-8-14/h1-25H;1-12,23H;1-13H. The molecule has 6 nitrogen and oxygen atoms in total. The molecule has 0 radical (unpaired) electrons. The van der Waals surface area contributed by atoms with Crippen LogP contribution in [0.5, 0.6) is 0 Å². The van der Waals surface area contributed by atoms with Crippen molar-refractivity contribution in [1.82, 2.24) is 29.5 Å². The summed E-state index contributed by atoms with van der Waals surface area (Å²) in [6.07, 6.45) is 0. The first-order chi connectivity index (χ1) is 46.1. The highest BCUT2D eigenvalue weighted by Crippen LogP contribution is 2.49. The van der Waals surface area contributed by atoms with Crippen LogP contribution in [0.1, 0.15) is 0 Å². The molecule has 93 heavy (non-hydrogen) atoms. The molecule has 14 aromatic carbocycles. The van der Waals surface area contributed by atoms with E-state index in [9.17, 15) is 0 Å². The predicted molar refractivity (Wildman–Crippen MR) is 399 cm³/mol. The maximum Gasteiger partial charge on any atom is 0.160 e. The van der Waals surface area contributed by atoms with Gasteiger partial charge in [-0.25, -0.2) is 19.9 Å². The van der Waals surface area contributed by atoms with Crippen LogP contribution in [0.15, 0.2) is 308 Å². The fourth-order valence-electron chi connectivity index (χ4n) is 13.8. The number of thiophene rings is 2. The average molecular weight is 1290 g/mol. The number of hydrogen-bond acceptors (Lipinski definition) is 6. The molecule has 0 amide bonds. The van der Waals surface area contributed by atoms with Gasteiger partial charge in [-0.15, -0.1) is 22.7 Å². The molecular weight excluding hydrogens is 1240 g/mol. The quantitative estimate of drug-likeness (QED) is 0.186. The van der Waals surface area contributed by atoms with Crippen molar-refractivity contribution in [2.45, 2.75) is 0 Å². The number of nitrogens with one attached hydrogen (secondary N) is 1. The Morgan fingerprint density at radius 1 is 0.312 bits per heavy atom. The normalized spacial score (nSPS) is 11.7. The second-order valence-corrected chi connectivity index (χ2v) is 26.3. The smallest absolute Gasteiger partial charge is 0.160 e. The lowest BCUT2D eigenvalue weighted by atomic mass is 9.99. The molecule has 0 saturated carbocycles. The Morgan fingerprint density at radius 3 is 1.35 bits per heavy atom. The van der Waals surface area contributed by atoms with Crippen LogP contribution in [0.3, 0.4) is 0 Å². The molecular formula is C84H51BrN6S2. The molecule has 1 N–H and O–H groups in total. The van der Waals surface area contributed by atoms with Gasteiger partial charge in [0.2, 0.25) is 0 Å². The number of H-pyrrole nitrogens is 1. The van der Waals surface area contributed by atoms with E-state index in [2.05, 4.69) is 256 Å². The van der Waals surface area contributed by atoms with Gasteiger partial charge in [0.25, 0.3) is 0 Å². The SMILES string of the molecule is Brc1cccc(-c2nc(-c3ccccc3)c3ccccc3n2)c1.c1ccc(-c2nc(-c3cccc(-n4c5ccccc5c5c6sc7ccccc7c6c6ccccc6c54)c3)nc3ccccc23)cc1.c1ccc2c(c1)[nH]c1c3ccccc3c3c4ccccc4sc3c21. The van der Waals surface area contributed by atoms with E-state index >= 15 is 0 Å². The first kappa shape index (κ1) is 54.7. The van der Waals surface area contributed by atoms with Crippen LogP contribution in [0, 0.1) is 0 Å². The third-order valence-corrected chi connectivity index (χ3v) is 20.8. The van der Waals surface area contributed by atoms with Crippen LogP contribution in [0.4, 0.5) is 0 Å². The number of rotatable bonds is 5. The second-order valence-electron chi connectivity index (χ2n) is 23.3. The lowest BCUT2D eigenvalue weighted by molar-refractivity contribution is 1.17. The Morgan fingerprint density at radius 2 is 0.753 bits per heavy atom. The highest BCUT2D eigenvalue weighted by molar-refractivity contribution is 9.10. The number of benzene rings is 14. The Hall–Kier alpha value is -11.2. The van der Waals surface area contributed by atoms with E-state index < -0.39 is 0 Å². The molecule has 0 fully saturated rings. The molecule has 0 aliphatic heterocycles. The highest BCUT2D eigenvalue weighted by atomic mass is 79.9. The Labute approximate surface area is 550 Å². The van der Waals surface area contributed by atoms with E-state index in [-0.39, 0.29) is 0 Å². The van der Waals surface area contributed by atoms with Crippen LogP contribution in [0.2, 0.25) is 0 Å². The predicted octanol–water partition coefficient (Wildman–Crippen LogP) is 24.2. The minimum Gasteiger partial charge on any atom is -0.354 e. The molecule has 0 aliphatic carbocycles. The van der Waals surface area contributed by atoms with Crippen molar-refractivity contribution in [3.05, 3.63) is 308 Å². The van der Waals surface area contributed by atoms with Gasteiger partial charge in [0.1, 0.15) is 0 Å². The number of hydrogen-bond donors (Lipinski definition) is 1. The second kappa shape index (κ2) is 22.6. The van der Waals surface area contributed by atoms with E-state index in [0.29, 0.717) is 0 Å². The topological polar surface area (TPSA) is 72.3 Å². The van der Waals surface area contributed by atoms with Crippen LogP contribution < -0.4 is 0 Å². The van der Waals surface area contributed by atoms with Crippen molar-refractivity contribution in [3.63, 3.8) is 0 Å². The van der Waals surface area contributed by atoms with Crippen molar-refractivity contribution < 1.29 is 0 Å². The molecule has 6 aromatic heterocycles. The summed E-state index contributed by atoms with van der Waals surface area (Å²) in [6.45, 7) is 0. The molecule has 20 aromatic rings. The summed E-state index contributed by atoms with van der Waals surface area (Å²) in [7, 11) is 0. The lowest BCUT2D eigenvalue weighted by Crippen LogP contribution is -1.98. The van der Waals surface area contributed by atoms with Gasteiger partial charge in [0, 0.05) is 121 Å². The molecule has 436 valence electrons. The van der Waals surface area contributed by atoms with Crippen LogP contribution in [0.25, 0.3) is 178 Å². The molecule has 0 bridgehead atoms. The summed E-state index contributed by atoms with van der Waals surface area (Å²) in [4.78, 5) is 23.5. The number of halogens is 1. The largest absolute Gasteiger partial charge is 0.354 e. The summed E-state index contributed by atoms with van der Waals surface area (Å²) in [5, 5.41) is 18.0.